The molecule has 4 aromatic rings. The van der Waals surface area contributed by atoms with Gasteiger partial charge in [0.1, 0.15) is 18.1 Å². The van der Waals surface area contributed by atoms with E-state index in [0.29, 0.717) is 6.42 Å². The van der Waals surface area contributed by atoms with E-state index in [2.05, 4.69) is 45.6 Å². The average Bonchev–Trinajstić information content (AvgIpc) is 3.28. The third-order valence-corrected chi connectivity index (χ3v) is 10.6. The number of carbonyl (C=O) groups is 6. The molecule has 13 nitrogen and oxygen atoms in total. The minimum absolute atomic E-state index is 0.0255. The zero-order valence-electron chi connectivity index (χ0n) is 36.2. The van der Waals surface area contributed by atoms with E-state index in [1.807, 2.05) is 137 Å². The zero-order chi connectivity index (χ0) is 45.2. The summed E-state index contributed by atoms with van der Waals surface area (Å²) in [4.78, 5) is 76.4. The van der Waals surface area contributed by atoms with Crippen LogP contribution in [-0.2, 0) is 33.5 Å². The summed E-state index contributed by atoms with van der Waals surface area (Å²) in [6, 6.07) is 36.4. The quantitative estimate of drug-likeness (QED) is 0.0370. The monoisotopic (exact) mass is 854 g/mol. The van der Waals surface area contributed by atoms with Crippen LogP contribution in [0.1, 0.15) is 76.6 Å². The van der Waals surface area contributed by atoms with Crippen molar-refractivity contribution in [3.8, 4) is 0 Å². The standard InChI is InChI=1S/C38H48N6O7S.C7H8.C2H6/c1-5-32(45)42-30(21-25(2)3)36(49)39-23-34(47)43-31(37(50)40-22-33(46)41-26(4)35(48)44-51)24-52-38(27-15-9-6-10-16-27,28-17-11-7-12-18-28)29-19-13-8-14-20-29;1-7-5-3-2-4-6-7;1-2/h6-20,25-26,30-31,51H,5,21-24H2,1-4H3,(H,39,49)(H,40,50)(H,41,46)(H,42,45)(H,43,47)(H,44,48);2-6H,1H3;1-2H3. The molecule has 0 saturated heterocycles. The van der Waals surface area contributed by atoms with Gasteiger partial charge >= 0.3 is 0 Å². The molecule has 0 aliphatic heterocycles. The van der Waals surface area contributed by atoms with E-state index < -0.39 is 65.5 Å². The molecule has 0 bridgehead atoms. The molecule has 0 aliphatic rings. The Morgan fingerprint density at radius 1 is 0.574 bits per heavy atom. The number of hydrogen-bond donors (Lipinski definition) is 7. The summed E-state index contributed by atoms with van der Waals surface area (Å²) in [7, 11) is 0. The second kappa shape index (κ2) is 27.7. The average molecular weight is 855 g/mol. The van der Waals surface area contributed by atoms with Crippen LogP contribution < -0.4 is 32.1 Å². The number of carbonyl (C=O) groups excluding carboxylic acids is 6. The van der Waals surface area contributed by atoms with Gasteiger partial charge in [-0.05, 0) is 42.9 Å². The summed E-state index contributed by atoms with van der Waals surface area (Å²) in [6.07, 6.45) is 0.556. The van der Waals surface area contributed by atoms with Crippen LogP contribution >= 0.6 is 11.8 Å². The van der Waals surface area contributed by atoms with E-state index in [-0.39, 0.29) is 24.0 Å². The maximum absolute atomic E-state index is 13.7. The molecule has 0 radical (unpaired) electrons. The summed E-state index contributed by atoms with van der Waals surface area (Å²) < 4.78 is -0.840. The fourth-order valence-corrected chi connectivity index (χ4v) is 7.53. The molecule has 6 amide bonds. The van der Waals surface area contributed by atoms with Crippen molar-refractivity contribution in [3.05, 3.63) is 144 Å². The molecule has 61 heavy (non-hydrogen) atoms. The molecule has 328 valence electrons. The van der Waals surface area contributed by atoms with Gasteiger partial charge in [0.2, 0.25) is 29.5 Å². The SMILES string of the molecule is CC.CCC(=O)NC(CC(C)C)C(=O)NCC(=O)NC(CSC(c1ccccc1)(c1ccccc1)c1ccccc1)C(=O)NCC(=O)NC(C)C(=O)NO.Cc1ccccc1. The summed E-state index contributed by atoms with van der Waals surface area (Å²) in [6.45, 7) is 11.9. The van der Waals surface area contributed by atoms with Gasteiger partial charge in [0.15, 0.2) is 0 Å². The Balaban J connectivity index is 0.00000127. The third kappa shape index (κ3) is 17.3. The first-order chi connectivity index (χ1) is 29.3. The maximum Gasteiger partial charge on any atom is 0.265 e. The smallest absolute Gasteiger partial charge is 0.265 e. The van der Waals surface area contributed by atoms with Gasteiger partial charge in [0, 0.05) is 12.2 Å². The van der Waals surface area contributed by atoms with E-state index in [4.69, 9.17) is 5.21 Å². The normalized spacial score (nSPS) is 12.0. The Morgan fingerprint density at radius 3 is 1.34 bits per heavy atom. The lowest BCUT2D eigenvalue weighted by Crippen LogP contribution is -2.54. The van der Waals surface area contributed by atoms with Gasteiger partial charge in [0.25, 0.3) is 5.91 Å². The first-order valence-electron chi connectivity index (χ1n) is 20.5. The number of benzene rings is 4. The van der Waals surface area contributed by atoms with Crippen LogP contribution in [0.4, 0.5) is 0 Å². The fraction of sp³-hybridized carbons (Fsp3) is 0.362. The van der Waals surface area contributed by atoms with E-state index in [9.17, 15) is 28.8 Å². The van der Waals surface area contributed by atoms with Gasteiger partial charge in [-0.2, -0.15) is 0 Å². The number of rotatable bonds is 19. The molecule has 3 atom stereocenters. The minimum Gasteiger partial charge on any atom is -0.345 e. The molecule has 0 aromatic heterocycles. The van der Waals surface area contributed by atoms with Crippen LogP contribution in [0.5, 0.6) is 0 Å². The highest BCUT2D eigenvalue weighted by Crippen LogP contribution is 2.48. The Bertz CT molecular complexity index is 1840. The molecule has 3 unspecified atom stereocenters. The number of hydrogen-bond acceptors (Lipinski definition) is 8. The van der Waals surface area contributed by atoms with Crippen LogP contribution in [0.25, 0.3) is 0 Å². The number of amides is 6. The summed E-state index contributed by atoms with van der Waals surface area (Å²) >= 11 is 1.41. The molecule has 0 saturated carbocycles. The lowest BCUT2D eigenvalue weighted by Gasteiger charge is -2.36. The van der Waals surface area contributed by atoms with Crippen LogP contribution in [-0.4, -0.2) is 77.6 Å². The molecule has 0 aliphatic carbocycles. The van der Waals surface area contributed by atoms with Crippen molar-refractivity contribution in [1.82, 2.24) is 32.1 Å². The molecule has 0 heterocycles. The van der Waals surface area contributed by atoms with Crippen molar-refractivity contribution in [2.24, 2.45) is 5.92 Å². The largest absolute Gasteiger partial charge is 0.345 e. The number of aryl methyl sites for hydroxylation is 1. The molecule has 7 N–H and O–H groups in total. The third-order valence-electron chi connectivity index (χ3n) is 9.01. The Hall–Kier alpha value is -5.99. The topological polar surface area (TPSA) is 195 Å². The Morgan fingerprint density at radius 2 is 0.967 bits per heavy atom. The lowest BCUT2D eigenvalue weighted by atomic mass is 9.84. The van der Waals surface area contributed by atoms with Gasteiger partial charge in [-0.1, -0.05) is 162 Å². The Labute approximate surface area is 364 Å². The van der Waals surface area contributed by atoms with Gasteiger partial charge < -0.3 is 26.6 Å². The minimum atomic E-state index is -1.19. The molecule has 4 rings (SSSR count). The van der Waals surface area contributed by atoms with Gasteiger partial charge in [-0.3, -0.25) is 34.0 Å². The van der Waals surface area contributed by atoms with Crippen LogP contribution in [0, 0.1) is 12.8 Å². The van der Waals surface area contributed by atoms with E-state index in [1.54, 1.807) is 6.92 Å². The second-order valence-electron chi connectivity index (χ2n) is 14.2. The predicted molar refractivity (Wildman–Crippen MR) is 241 cm³/mol. The first kappa shape index (κ1) is 51.2. The van der Waals surface area contributed by atoms with Crippen LogP contribution in [0.2, 0.25) is 0 Å². The molecule has 4 aromatic carbocycles. The summed E-state index contributed by atoms with van der Waals surface area (Å²) in [5.41, 5.74) is 5.55. The second-order valence-corrected chi connectivity index (χ2v) is 15.4. The van der Waals surface area contributed by atoms with Gasteiger partial charge in [-0.25, -0.2) is 5.48 Å². The van der Waals surface area contributed by atoms with E-state index in [0.717, 1.165) is 16.7 Å². The number of thioether (sulfide) groups is 1. The van der Waals surface area contributed by atoms with Crippen LogP contribution in [0.3, 0.4) is 0 Å². The Kier molecular flexibility index (Phi) is 23.2. The summed E-state index contributed by atoms with van der Waals surface area (Å²) in [5, 5.41) is 21.7. The van der Waals surface area contributed by atoms with Crippen LogP contribution in [0.15, 0.2) is 121 Å². The number of hydroxylamine groups is 1. The predicted octanol–water partition coefficient (Wildman–Crippen LogP) is 5.40. The van der Waals surface area contributed by atoms with Crippen molar-refractivity contribution in [2.75, 3.05) is 18.8 Å². The zero-order valence-corrected chi connectivity index (χ0v) is 37.0. The van der Waals surface area contributed by atoms with Crippen molar-refractivity contribution >= 4 is 47.2 Å². The molecular formula is C47H62N6O7S. The maximum atomic E-state index is 13.7. The highest BCUT2D eigenvalue weighted by Gasteiger charge is 2.38. The van der Waals surface area contributed by atoms with E-state index in [1.165, 1.54) is 29.7 Å². The lowest BCUT2D eigenvalue weighted by molar-refractivity contribution is -0.134. The molecule has 0 spiro atoms. The molecule has 14 heteroatoms. The molecular weight excluding hydrogens is 793 g/mol. The fourth-order valence-electron chi connectivity index (χ4n) is 5.97. The van der Waals surface area contributed by atoms with Crippen molar-refractivity contribution in [2.45, 2.75) is 84.2 Å². The highest BCUT2D eigenvalue weighted by atomic mass is 32.2. The van der Waals surface area contributed by atoms with Crippen molar-refractivity contribution in [1.29, 1.82) is 0 Å². The van der Waals surface area contributed by atoms with Gasteiger partial charge in [-0.15, -0.1) is 11.8 Å². The van der Waals surface area contributed by atoms with Crippen molar-refractivity contribution in [3.63, 3.8) is 0 Å². The number of nitrogens with one attached hydrogen (secondary N) is 6. The highest BCUT2D eigenvalue weighted by molar-refractivity contribution is 8.00. The van der Waals surface area contributed by atoms with E-state index >= 15 is 0 Å². The van der Waals surface area contributed by atoms with Crippen molar-refractivity contribution < 1.29 is 34.0 Å². The van der Waals surface area contributed by atoms with Gasteiger partial charge in [0.05, 0.1) is 17.8 Å². The first-order valence-corrected chi connectivity index (χ1v) is 21.5. The molecule has 0 fully saturated rings. The summed E-state index contributed by atoms with van der Waals surface area (Å²) in [5.74, 6) is -3.61.